The van der Waals surface area contributed by atoms with Crippen LogP contribution in [-0.2, 0) is 13.0 Å². The van der Waals surface area contributed by atoms with E-state index in [4.69, 9.17) is 0 Å². The Kier molecular flexibility index (Phi) is 5.63. The number of aromatic nitrogens is 2. The number of amidine groups is 1. The summed E-state index contributed by atoms with van der Waals surface area (Å²) in [6.45, 7) is 4.80. The molecule has 1 aromatic heterocycles. The topological polar surface area (TPSA) is 42.2 Å². The Morgan fingerprint density at radius 3 is 2.74 bits per heavy atom. The Hall–Kier alpha value is -1.26. The Labute approximate surface area is 125 Å². The van der Waals surface area contributed by atoms with E-state index >= 15 is 0 Å². The summed E-state index contributed by atoms with van der Waals surface area (Å²) in [7, 11) is 0. The van der Waals surface area contributed by atoms with Crippen molar-refractivity contribution in [3.05, 3.63) is 30.1 Å². The smallest absolute Gasteiger partial charge is 0.117 e. The minimum atomic E-state index is 0. The third kappa shape index (κ3) is 3.01. The molecule has 0 bridgehead atoms. The highest BCUT2D eigenvalue weighted by molar-refractivity contribution is 5.86. The molecule has 1 aliphatic rings. The van der Waals surface area contributed by atoms with E-state index in [9.17, 15) is 0 Å². The van der Waals surface area contributed by atoms with Gasteiger partial charge < -0.3 is 9.88 Å². The second-order valence-electron chi connectivity index (χ2n) is 4.21. The van der Waals surface area contributed by atoms with Gasteiger partial charge in [-0.05, 0) is 12.1 Å². The number of hydrogen-bond acceptors (Lipinski definition) is 3. The zero-order valence-corrected chi connectivity index (χ0v) is 12.4. The van der Waals surface area contributed by atoms with Gasteiger partial charge >= 0.3 is 0 Å². The zero-order chi connectivity index (χ0) is 11.7. The molecule has 104 valence electrons. The molecular formula is C13H18Cl2N4. The third-order valence-electron chi connectivity index (χ3n) is 3.10. The number of aryl methyl sites for hydroxylation is 1. The van der Waals surface area contributed by atoms with Crippen molar-refractivity contribution >= 4 is 41.7 Å². The first-order valence-corrected chi connectivity index (χ1v) is 6.10. The van der Waals surface area contributed by atoms with Crippen LogP contribution in [0.4, 0.5) is 0 Å². The minimum Gasteiger partial charge on any atom is -0.370 e. The van der Waals surface area contributed by atoms with E-state index < -0.39 is 0 Å². The lowest BCUT2D eigenvalue weighted by Gasteiger charge is -2.08. The summed E-state index contributed by atoms with van der Waals surface area (Å²) < 4.78 is 2.26. The van der Waals surface area contributed by atoms with E-state index in [2.05, 4.69) is 45.0 Å². The van der Waals surface area contributed by atoms with Gasteiger partial charge in [0.15, 0.2) is 0 Å². The molecular weight excluding hydrogens is 283 g/mol. The number of nitrogens with one attached hydrogen (secondary N) is 1. The standard InChI is InChI=1S/C13H16N4.2ClH/c1-2-13-16-10-5-3-4-6-11(10)17(13)9-12-14-7-8-15-12;;/h3-6H,2,7-9H2,1H3,(H,14,15);2*1H. The molecule has 0 saturated heterocycles. The van der Waals surface area contributed by atoms with Crippen molar-refractivity contribution in [2.45, 2.75) is 19.9 Å². The van der Waals surface area contributed by atoms with Crippen LogP contribution in [0.3, 0.4) is 0 Å². The van der Waals surface area contributed by atoms with Crippen LogP contribution >= 0.6 is 24.8 Å². The molecule has 1 aromatic carbocycles. The summed E-state index contributed by atoms with van der Waals surface area (Å²) in [4.78, 5) is 9.10. The average molecular weight is 301 g/mol. The van der Waals surface area contributed by atoms with Gasteiger partial charge in [0.05, 0.1) is 24.1 Å². The number of fused-ring (bicyclic) bond motifs is 1. The van der Waals surface area contributed by atoms with Crippen molar-refractivity contribution in [3.63, 3.8) is 0 Å². The predicted molar refractivity (Wildman–Crippen MR) is 83.9 cm³/mol. The van der Waals surface area contributed by atoms with Crippen LogP contribution in [0.25, 0.3) is 11.0 Å². The Morgan fingerprint density at radius 1 is 1.26 bits per heavy atom. The highest BCUT2D eigenvalue weighted by atomic mass is 35.5. The van der Waals surface area contributed by atoms with Gasteiger partial charge in [-0.3, -0.25) is 4.99 Å². The SMILES string of the molecule is CCc1nc2ccccc2n1CC1=NCCN1.Cl.Cl. The number of rotatable bonds is 3. The molecule has 0 fully saturated rings. The third-order valence-corrected chi connectivity index (χ3v) is 3.10. The molecule has 0 unspecified atom stereocenters. The lowest BCUT2D eigenvalue weighted by molar-refractivity contribution is 0.776. The molecule has 0 radical (unpaired) electrons. The quantitative estimate of drug-likeness (QED) is 0.946. The molecule has 0 aliphatic carbocycles. The second-order valence-corrected chi connectivity index (χ2v) is 4.21. The van der Waals surface area contributed by atoms with Crippen LogP contribution in [0.1, 0.15) is 12.7 Å². The van der Waals surface area contributed by atoms with Crippen LogP contribution in [-0.4, -0.2) is 28.5 Å². The molecule has 2 aromatic rings. The van der Waals surface area contributed by atoms with Crippen LogP contribution < -0.4 is 5.32 Å². The highest BCUT2D eigenvalue weighted by Gasteiger charge is 2.12. The van der Waals surface area contributed by atoms with Crippen molar-refractivity contribution in [2.24, 2.45) is 4.99 Å². The Morgan fingerprint density at radius 2 is 2.05 bits per heavy atom. The average Bonchev–Trinajstić information content (AvgIpc) is 2.98. The van der Waals surface area contributed by atoms with Gasteiger partial charge in [-0.15, -0.1) is 24.8 Å². The summed E-state index contributed by atoms with van der Waals surface area (Å²) in [6, 6.07) is 8.28. The van der Waals surface area contributed by atoms with E-state index in [-0.39, 0.29) is 24.8 Å². The van der Waals surface area contributed by atoms with Crippen LogP contribution in [0.2, 0.25) is 0 Å². The first kappa shape index (κ1) is 15.8. The molecule has 0 atom stereocenters. The number of imidazole rings is 1. The zero-order valence-electron chi connectivity index (χ0n) is 10.8. The maximum absolute atomic E-state index is 4.65. The van der Waals surface area contributed by atoms with E-state index in [0.717, 1.165) is 43.2 Å². The first-order chi connectivity index (χ1) is 8.38. The van der Waals surface area contributed by atoms with Gasteiger partial charge in [0, 0.05) is 13.0 Å². The van der Waals surface area contributed by atoms with E-state index in [1.165, 1.54) is 5.52 Å². The summed E-state index contributed by atoms with van der Waals surface area (Å²) in [5.41, 5.74) is 2.27. The maximum Gasteiger partial charge on any atom is 0.117 e. The van der Waals surface area contributed by atoms with E-state index in [0.29, 0.717) is 0 Å². The first-order valence-electron chi connectivity index (χ1n) is 6.10. The fourth-order valence-corrected chi connectivity index (χ4v) is 2.27. The number of halogens is 2. The van der Waals surface area contributed by atoms with Crippen LogP contribution in [0.5, 0.6) is 0 Å². The second kappa shape index (κ2) is 6.78. The number of hydrogen-bond donors (Lipinski definition) is 1. The fourth-order valence-electron chi connectivity index (χ4n) is 2.27. The van der Waals surface area contributed by atoms with Crippen molar-refractivity contribution < 1.29 is 0 Å². The molecule has 6 heteroatoms. The van der Waals surface area contributed by atoms with Gasteiger partial charge in [-0.25, -0.2) is 4.98 Å². The molecule has 1 N–H and O–H groups in total. The lowest BCUT2D eigenvalue weighted by Crippen LogP contribution is -2.24. The molecule has 0 spiro atoms. The van der Waals surface area contributed by atoms with Gasteiger partial charge in [0.25, 0.3) is 0 Å². The summed E-state index contributed by atoms with van der Waals surface area (Å²) in [6.07, 6.45) is 0.946. The largest absolute Gasteiger partial charge is 0.370 e. The summed E-state index contributed by atoms with van der Waals surface area (Å²) >= 11 is 0. The molecule has 0 amide bonds. The van der Waals surface area contributed by atoms with Crippen molar-refractivity contribution in [1.29, 1.82) is 0 Å². The number of nitrogens with zero attached hydrogens (tertiary/aromatic N) is 3. The van der Waals surface area contributed by atoms with Crippen molar-refractivity contribution in [3.8, 4) is 0 Å². The van der Waals surface area contributed by atoms with E-state index in [1.807, 2.05) is 6.07 Å². The van der Waals surface area contributed by atoms with Gasteiger partial charge in [0.2, 0.25) is 0 Å². The maximum atomic E-state index is 4.65. The van der Waals surface area contributed by atoms with Crippen LogP contribution in [0, 0.1) is 0 Å². The van der Waals surface area contributed by atoms with Gasteiger partial charge in [-0.1, -0.05) is 19.1 Å². The lowest BCUT2D eigenvalue weighted by atomic mass is 10.3. The van der Waals surface area contributed by atoms with Crippen molar-refractivity contribution in [2.75, 3.05) is 13.1 Å². The highest BCUT2D eigenvalue weighted by Crippen LogP contribution is 2.16. The van der Waals surface area contributed by atoms with E-state index in [1.54, 1.807) is 0 Å². The molecule has 3 rings (SSSR count). The summed E-state index contributed by atoms with van der Waals surface area (Å²) in [5.74, 6) is 2.20. The number of para-hydroxylation sites is 2. The van der Waals surface area contributed by atoms with Gasteiger partial charge in [-0.2, -0.15) is 0 Å². The monoisotopic (exact) mass is 300 g/mol. The Bertz CT molecular complexity index is 577. The fraction of sp³-hybridized carbons (Fsp3) is 0.385. The van der Waals surface area contributed by atoms with Gasteiger partial charge in [0.1, 0.15) is 11.7 Å². The normalized spacial score (nSPS) is 13.4. The molecule has 1 aliphatic heterocycles. The van der Waals surface area contributed by atoms with Crippen molar-refractivity contribution in [1.82, 2.24) is 14.9 Å². The predicted octanol–water partition coefficient (Wildman–Crippen LogP) is 2.44. The number of benzene rings is 1. The molecule has 4 nitrogen and oxygen atoms in total. The Balaban J connectivity index is 0.000000902. The van der Waals surface area contributed by atoms with Crippen LogP contribution in [0.15, 0.2) is 29.3 Å². The minimum absolute atomic E-state index is 0. The molecule has 0 saturated carbocycles. The molecule has 19 heavy (non-hydrogen) atoms. The number of aliphatic imine (C=N–C) groups is 1. The summed E-state index contributed by atoms with van der Waals surface area (Å²) in [5, 5.41) is 3.31. The molecule has 2 heterocycles.